The summed E-state index contributed by atoms with van der Waals surface area (Å²) in [6, 6.07) is 0. The number of aliphatic hydroxyl groups excluding tert-OH is 6. The molecule has 0 bridgehead atoms. The van der Waals surface area contributed by atoms with E-state index in [4.69, 9.17) is 19.3 Å². The average molecular weight is 282 g/mol. The average Bonchev–Trinajstić information content (AvgIpc) is 2.39. The van der Waals surface area contributed by atoms with Crippen LogP contribution in [0.5, 0.6) is 0 Å². The molecule has 0 saturated carbocycles. The van der Waals surface area contributed by atoms with E-state index in [1.165, 1.54) is 0 Å². The van der Waals surface area contributed by atoms with E-state index in [1.807, 2.05) is 0 Å². The fourth-order valence-corrected chi connectivity index (χ4v) is 1.97. The van der Waals surface area contributed by atoms with Crippen molar-refractivity contribution >= 4 is 0 Å². The fraction of sp³-hybridized carbons (Fsp3) is 1.00. The van der Waals surface area contributed by atoms with Gasteiger partial charge in [-0.3, -0.25) is 0 Å². The third kappa shape index (κ3) is 3.05. The summed E-state index contributed by atoms with van der Waals surface area (Å²) in [5.41, 5.74) is 0. The molecule has 0 radical (unpaired) electrons. The van der Waals surface area contributed by atoms with Gasteiger partial charge in [0.1, 0.15) is 36.6 Å². The van der Waals surface area contributed by atoms with E-state index in [9.17, 15) is 25.5 Å². The topological polar surface area (TPSA) is 149 Å². The molecular weight excluding hydrogens is 264 g/mol. The summed E-state index contributed by atoms with van der Waals surface area (Å²) in [4.78, 5) is 0. The third-order valence-electron chi connectivity index (χ3n) is 3.22. The molecule has 2 aliphatic rings. The summed E-state index contributed by atoms with van der Waals surface area (Å²) in [7, 11) is 0. The molecule has 2 fully saturated rings. The highest BCUT2D eigenvalue weighted by Gasteiger charge is 2.44. The van der Waals surface area contributed by atoms with Gasteiger partial charge in [0.25, 0.3) is 0 Å². The zero-order valence-corrected chi connectivity index (χ0v) is 9.94. The molecule has 19 heavy (non-hydrogen) atoms. The molecule has 2 heterocycles. The minimum Gasteiger partial charge on any atom is -0.388 e. The van der Waals surface area contributed by atoms with Crippen molar-refractivity contribution in [1.29, 1.82) is 0 Å². The molecule has 2 saturated heterocycles. The van der Waals surface area contributed by atoms with Crippen molar-refractivity contribution < 1.29 is 44.8 Å². The lowest BCUT2D eigenvalue weighted by Crippen LogP contribution is -2.59. The summed E-state index contributed by atoms with van der Waals surface area (Å²) < 4.78 is 15.0. The molecule has 6 N–H and O–H groups in total. The van der Waals surface area contributed by atoms with E-state index in [0.717, 1.165) is 0 Å². The van der Waals surface area contributed by atoms with Crippen LogP contribution in [0.1, 0.15) is 0 Å². The normalized spacial score (nSPS) is 52.1. The monoisotopic (exact) mass is 282 g/mol. The number of hydrogen-bond acceptors (Lipinski definition) is 9. The first kappa shape index (κ1) is 15.0. The van der Waals surface area contributed by atoms with Crippen molar-refractivity contribution in [3.63, 3.8) is 0 Å². The van der Waals surface area contributed by atoms with Gasteiger partial charge in [0.2, 0.25) is 0 Å². The Morgan fingerprint density at radius 3 is 2.11 bits per heavy atom. The lowest BCUT2D eigenvalue weighted by atomic mass is 10.0. The molecule has 9 heteroatoms. The lowest BCUT2D eigenvalue weighted by Gasteiger charge is -2.40. The van der Waals surface area contributed by atoms with E-state index < -0.39 is 49.2 Å². The molecular formula is C10H18O9. The van der Waals surface area contributed by atoms with E-state index in [0.29, 0.717) is 0 Å². The molecule has 112 valence electrons. The van der Waals surface area contributed by atoms with Crippen LogP contribution >= 0.6 is 0 Å². The second kappa shape index (κ2) is 5.95. The van der Waals surface area contributed by atoms with Crippen molar-refractivity contribution in [3.05, 3.63) is 0 Å². The molecule has 0 aromatic carbocycles. The first-order valence-corrected chi connectivity index (χ1v) is 5.89. The van der Waals surface area contributed by atoms with E-state index >= 15 is 0 Å². The summed E-state index contributed by atoms with van der Waals surface area (Å²) >= 11 is 0. The number of hydrogen-bond donors (Lipinski definition) is 6. The summed E-state index contributed by atoms with van der Waals surface area (Å²) in [6.07, 6.45) is -11.0. The van der Waals surface area contributed by atoms with Crippen LogP contribution in [0.15, 0.2) is 0 Å². The maximum atomic E-state index is 9.68. The quantitative estimate of drug-likeness (QED) is 0.297. The predicted octanol–water partition coefficient (Wildman–Crippen LogP) is -4.12. The van der Waals surface area contributed by atoms with E-state index in [-0.39, 0.29) is 13.2 Å². The Labute approximate surface area is 108 Å². The second-order valence-electron chi connectivity index (χ2n) is 4.63. The highest BCUT2D eigenvalue weighted by molar-refractivity contribution is 4.87. The first-order chi connectivity index (χ1) is 8.91. The molecule has 2 aliphatic heterocycles. The van der Waals surface area contributed by atoms with Crippen LogP contribution in [0.3, 0.4) is 0 Å². The zero-order valence-electron chi connectivity index (χ0n) is 9.94. The van der Waals surface area contributed by atoms with Crippen molar-refractivity contribution in [2.45, 2.75) is 49.2 Å². The molecule has 0 aromatic rings. The lowest BCUT2D eigenvalue weighted by molar-refractivity contribution is -0.323. The standard InChI is InChI=1S/C10H18O9/c11-3-1-18-10(8(15)5(3)12)19-4-2-17-9(16)7(14)6(4)13/h3-16H,1-2H2/t3-,4+,5-,6-,7+,8+,9+,10-/m0/s1. The SMILES string of the molecule is O[C@@H]1[C@@H](O)[C@H](O[C@@H]2OC[C@H](O)[C@H](O)[C@H]2O)CO[C@H]1O. The number of aliphatic hydroxyl groups is 6. The van der Waals surface area contributed by atoms with Gasteiger partial charge in [-0.15, -0.1) is 0 Å². The van der Waals surface area contributed by atoms with Gasteiger partial charge < -0.3 is 44.8 Å². The zero-order chi connectivity index (χ0) is 14.2. The second-order valence-corrected chi connectivity index (χ2v) is 4.63. The minimum absolute atomic E-state index is 0.218. The Morgan fingerprint density at radius 2 is 1.42 bits per heavy atom. The van der Waals surface area contributed by atoms with Crippen LogP contribution < -0.4 is 0 Å². The maximum absolute atomic E-state index is 9.68. The molecule has 0 unspecified atom stereocenters. The summed E-state index contributed by atoms with van der Waals surface area (Å²) in [6.45, 7) is -0.456. The Morgan fingerprint density at radius 1 is 0.737 bits per heavy atom. The Bertz CT molecular complexity index is 273. The largest absolute Gasteiger partial charge is 0.388 e. The highest BCUT2D eigenvalue weighted by atomic mass is 16.7. The molecule has 8 atom stereocenters. The Kier molecular flexibility index (Phi) is 4.71. The molecule has 0 spiro atoms. The van der Waals surface area contributed by atoms with Gasteiger partial charge in [-0.05, 0) is 0 Å². The van der Waals surface area contributed by atoms with Crippen LogP contribution in [0.25, 0.3) is 0 Å². The van der Waals surface area contributed by atoms with Crippen molar-refractivity contribution in [2.24, 2.45) is 0 Å². The summed E-state index contributed by atoms with van der Waals surface area (Å²) in [5, 5.41) is 56.6. The number of ether oxygens (including phenoxy) is 3. The fourth-order valence-electron chi connectivity index (χ4n) is 1.97. The molecule has 0 aromatic heterocycles. The molecule has 2 rings (SSSR count). The van der Waals surface area contributed by atoms with Crippen LogP contribution in [0.4, 0.5) is 0 Å². The van der Waals surface area contributed by atoms with Gasteiger partial charge in [-0.2, -0.15) is 0 Å². The van der Waals surface area contributed by atoms with Gasteiger partial charge in [0, 0.05) is 0 Å². The van der Waals surface area contributed by atoms with Gasteiger partial charge >= 0.3 is 0 Å². The van der Waals surface area contributed by atoms with Crippen LogP contribution in [-0.4, -0.2) is 93.1 Å². The minimum atomic E-state index is -1.55. The van der Waals surface area contributed by atoms with Crippen molar-refractivity contribution in [1.82, 2.24) is 0 Å². The van der Waals surface area contributed by atoms with Gasteiger partial charge in [-0.25, -0.2) is 0 Å². The number of rotatable bonds is 2. The van der Waals surface area contributed by atoms with Crippen molar-refractivity contribution in [3.8, 4) is 0 Å². The first-order valence-electron chi connectivity index (χ1n) is 5.89. The van der Waals surface area contributed by atoms with E-state index in [2.05, 4.69) is 0 Å². The van der Waals surface area contributed by atoms with E-state index in [1.54, 1.807) is 0 Å². The predicted molar refractivity (Wildman–Crippen MR) is 56.6 cm³/mol. The Hall–Kier alpha value is -0.360. The van der Waals surface area contributed by atoms with Gasteiger partial charge in [0.15, 0.2) is 12.6 Å². The molecule has 9 nitrogen and oxygen atoms in total. The molecule has 0 aliphatic carbocycles. The third-order valence-corrected chi connectivity index (χ3v) is 3.22. The maximum Gasteiger partial charge on any atom is 0.186 e. The van der Waals surface area contributed by atoms with Crippen LogP contribution in [0, 0.1) is 0 Å². The van der Waals surface area contributed by atoms with Gasteiger partial charge in [-0.1, -0.05) is 0 Å². The van der Waals surface area contributed by atoms with Gasteiger partial charge in [0.05, 0.1) is 13.2 Å². The summed E-state index contributed by atoms with van der Waals surface area (Å²) in [5.74, 6) is 0. The molecule has 0 amide bonds. The van der Waals surface area contributed by atoms with Crippen LogP contribution in [0.2, 0.25) is 0 Å². The van der Waals surface area contributed by atoms with Crippen molar-refractivity contribution in [2.75, 3.05) is 13.2 Å². The van der Waals surface area contributed by atoms with Crippen LogP contribution in [-0.2, 0) is 14.2 Å². The smallest absolute Gasteiger partial charge is 0.186 e. The highest BCUT2D eigenvalue weighted by Crippen LogP contribution is 2.22. The Balaban J connectivity index is 1.94.